The normalized spacial score (nSPS) is 19.0. The molecular formula is C23H20F3N3OS. The summed E-state index contributed by atoms with van der Waals surface area (Å²) in [5, 5.41) is 7.02. The van der Waals surface area contributed by atoms with Crippen LogP contribution in [-0.4, -0.2) is 18.0 Å². The second-order valence-electron chi connectivity index (χ2n) is 7.65. The van der Waals surface area contributed by atoms with Crippen LogP contribution in [0, 0.1) is 6.57 Å². The summed E-state index contributed by atoms with van der Waals surface area (Å²) in [6.45, 7) is 7.06. The lowest BCUT2D eigenvalue weighted by atomic mass is 9.90. The van der Waals surface area contributed by atoms with Gasteiger partial charge in [-0.3, -0.25) is 4.79 Å². The average Bonchev–Trinajstić information content (AvgIpc) is 3.21. The predicted molar refractivity (Wildman–Crippen MR) is 117 cm³/mol. The van der Waals surface area contributed by atoms with E-state index in [1.165, 1.54) is 6.07 Å². The predicted octanol–water partition coefficient (Wildman–Crippen LogP) is 6.62. The van der Waals surface area contributed by atoms with Gasteiger partial charge in [-0.05, 0) is 49.9 Å². The maximum Gasteiger partial charge on any atom is 0.425 e. The summed E-state index contributed by atoms with van der Waals surface area (Å²) in [7, 11) is 0. The Bertz CT molecular complexity index is 1140. The minimum absolute atomic E-state index is 0.0379. The van der Waals surface area contributed by atoms with Crippen LogP contribution in [0.25, 0.3) is 14.9 Å². The van der Waals surface area contributed by atoms with Crippen molar-refractivity contribution < 1.29 is 18.0 Å². The van der Waals surface area contributed by atoms with Crippen molar-refractivity contribution in [3.8, 4) is 0 Å². The van der Waals surface area contributed by atoms with Crippen LogP contribution in [0.2, 0.25) is 0 Å². The van der Waals surface area contributed by atoms with Crippen LogP contribution in [0.5, 0.6) is 0 Å². The average molecular weight is 443 g/mol. The molecule has 1 aliphatic carbocycles. The first-order valence-electron chi connectivity index (χ1n) is 9.98. The van der Waals surface area contributed by atoms with Gasteiger partial charge in [0, 0.05) is 33.4 Å². The van der Waals surface area contributed by atoms with Crippen LogP contribution in [0.1, 0.15) is 40.9 Å². The van der Waals surface area contributed by atoms with Gasteiger partial charge in [-0.15, -0.1) is 11.3 Å². The monoisotopic (exact) mass is 443 g/mol. The first-order chi connectivity index (χ1) is 14.8. The standard InChI is InChI=1S/C23H20F3N3OS/c1-27-17-5-2-4-14(12-17)22(30)29-16-10-8-15(9-11-16)28-19-6-3-7-20-18(19)13-21(31-20)23(24,25)26/h2-7,12-13,15-16,28H,8-11H2,(H,29,30). The maximum atomic E-state index is 13.1. The Morgan fingerprint density at radius 1 is 1.03 bits per heavy atom. The number of amides is 1. The Labute approximate surface area is 181 Å². The van der Waals surface area contributed by atoms with Gasteiger partial charge < -0.3 is 10.6 Å². The quantitative estimate of drug-likeness (QED) is 0.445. The summed E-state index contributed by atoms with van der Waals surface area (Å²) in [4.78, 5) is 15.2. The highest BCUT2D eigenvalue weighted by molar-refractivity contribution is 7.19. The molecule has 1 amide bonds. The fourth-order valence-electron chi connectivity index (χ4n) is 3.91. The zero-order valence-electron chi connectivity index (χ0n) is 16.5. The molecule has 8 heteroatoms. The van der Waals surface area contributed by atoms with E-state index in [9.17, 15) is 18.0 Å². The number of nitrogens with zero attached hydrogens (tertiary/aromatic N) is 1. The number of anilines is 1. The summed E-state index contributed by atoms with van der Waals surface area (Å²) in [6.07, 6.45) is -1.18. The smallest absolute Gasteiger partial charge is 0.382 e. The van der Waals surface area contributed by atoms with E-state index in [0.29, 0.717) is 27.0 Å². The Morgan fingerprint density at radius 2 is 1.74 bits per heavy atom. The maximum absolute atomic E-state index is 13.1. The summed E-state index contributed by atoms with van der Waals surface area (Å²) >= 11 is 0.757. The van der Waals surface area contributed by atoms with E-state index in [-0.39, 0.29) is 18.0 Å². The van der Waals surface area contributed by atoms with E-state index in [1.54, 1.807) is 36.4 Å². The van der Waals surface area contributed by atoms with Gasteiger partial charge in [0.2, 0.25) is 5.91 Å². The van der Waals surface area contributed by atoms with Crippen LogP contribution < -0.4 is 10.6 Å². The van der Waals surface area contributed by atoms with Crippen LogP contribution in [0.3, 0.4) is 0 Å². The van der Waals surface area contributed by atoms with Crippen molar-refractivity contribution in [2.24, 2.45) is 0 Å². The first-order valence-corrected chi connectivity index (χ1v) is 10.8. The third kappa shape index (κ3) is 4.83. The Hall–Kier alpha value is -3.05. The molecule has 0 unspecified atom stereocenters. The van der Waals surface area contributed by atoms with Gasteiger partial charge in [0.05, 0.1) is 6.57 Å². The molecule has 0 atom stereocenters. The molecule has 0 bridgehead atoms. The lowest BCUT2D eigenvalue weighted by molar-refractivity contribution is -0.134. The highest BCUT2D eigenvalue weighted by atomic mass is 32.1. The van der Waals surface area contributed by atoms with Crippen LogP contribution >= 0.6 is 11.3 Å². The van der Waals surface area contributed by atoms with E-state index >= 15 is 0 Å². The number of fused-ring (bicyclic) bond motifs is 1. The molecule has 4 rings (SSSR count). The van der Waals surface area contributed by atoms with Crippen LogP contribution in [0.15, 0.2) is 48.5 Å². The van der Waals surface area contributed by atoms with Gasteiger partial charge in [0.1, 0.15) is 4.88 Å². The minimum atomic E-state index is -4.34. The highest BCUT2D eigenvalue weighted by Gasteiger charge is 2.33. The number of nitrogens with one attached hydrogen (secondary N) is 2. The van der Waals surface area contributed by atoms with Gasteiger partial charge in [0.15, 0.2) is 5.69 Å². The molecule has 0 aliphatic heterocycles. The third-order valence-corrected chi connectivity index (χ3v) is 6.65. The van der Waals surface area contributed by atoms with E-state index < -0.39 is 11.1 Å². The molecule has 1 fully saturated rings. The number of benzene rings is 2. The summed E-state index contributed by atoms with van der Waals surface area (Å²) < 4.78 is 39.8. The van der Waals surface area contributed by atoms with Crippen molar-refractivity contribution >= 4 is 38.7 Å². The number of hydrogen-bond donors (Lipinski definition) is 2. The zero-order valence-corrected chi connectivity index (χ0v) is 17.3. The molecule has 1 aromatic heterocycles. The number of hydrogen-bond acceptors (Lipinski definition) is 3. The molecular weight excluding hydrogens is 423 g/mol. The summed E-state index contributed by atoms with van der Waals surface area (Å²) in [6, 6.07) is 13.3. The van der Waals surface area contributed by atoms with Crippen molar-refractivity contribution in [1.82, 2.24) is 5.32 Å². The molecule has 2 aromatic carbocycles. The highest BCUT2D eigenvalue weighted by Crippen LogP contribution is 2.40. The van der Waals surface area contributed by atoms with Gasteiger partial charge in [-0.2, -0.15) is 13.2 Å². The molecule has 1 heterocycles. The van der Waals surface area contributed by atoms with Gasteiger partial charge >= 0.3 is 6.18 Å². The summed E-state index contributed by atoms with van der Waals surface area (Å²) in [5.74, 6) is -0.190. The Balaban J connectivity index is 1.37. The second-order valence-corrected chi connectivity index (χ2v) is 8.74. The van der Waals surface area contributed by atoms with Crippen LogP contribution in [-0.2, 0) is 6.18 Å². The number of carbonyl (C=O) groups is 1. The molecule has 1 saturated carbocycles. The Kier molecular flexibility index (Phi) is 5.88. The first kappa shape index (κ1) is 21.2. The van der Waals surface area contributed by atoms with Gasteiger partial charge in [-0.1, -0.05) is 24.3 Å². The topological polar surface area (TPSA) is 45.5 Å². The van der Waals surface area contributed by atoms with Crippen molar-refractivity contribution in [2.75, 3.05) is 5.32 Å². The van der Waals surface area contributed by atoms with Gasteiger partial charge in [0.25, 0.3) is 0 Å². The molecule has 0 spiro atoms. The van der Waals surface area contributed by atoms with Crippen molar-refractivity contribution in [2.45, 2.75) is 43.9 Å². The minimum Gasteiger partial charge on any atom is -0.382 e. The van der Waals surface area contributed by atoms with Crippen molar-refractivity contribution in [3.63, 3.8) is 0 Å². The molecule has 1 aliphatic rings. The lowest BCUT2D eigenvalue weighted by Gasteiger charge is -2.30. The molecule has 31 heavy (non-hydrogen) atoms. The van der Waals surface area contributed by atoms with E-state index in [4.69, 9.17) is 6.57 Å². The lowest BCUT2D eigenvalue weighted by Crippen LogP contribution is -2.40. The molecule has 2 N–H and O–H groups in total. The van der Waals surface area contributed by atoms with E-state index in [0.717, 1.165) is 37.0 Å². The van der Waals surface area contributed by atoms with Crippen molar-refractivity contribution in [1.29, 1.82) is 0 Å². The fraction of sp³-hybridized carbons (Fsp3) is 0.304. The molecule has 0 saturated heterocycles. The SMILES string of the molecule is [C-]#[N+]c1cccc(C(=O)NC2CCC(Nc3cccc4sc(C(F)(F)F)cc34)CC2)c1. The van der Waals surface area contributed by atoms with Crippen LogP contribution in [0.4, 0.5) is 24.5 Å². The molecule has 3 aromatic rings. The fourth-order valence-corrected chi connectivity index (χ4v) is 4.87. The molecule has 4 nitrogen and oxygen atoms in total. The molecule has 0 radical (unpaired) electrons. The second kappa shape index (κ2) is 8.60. The number of alkyl halides is 3. The number of carbonyl (C=O) groups excluding carboxylic acids is 1. The number of halogens is 3. The molecule has 160 valence electrons. The largest absolute Gasteiger partial charge is 0.425 e. The zero-order chi connectivity index (χ0) is 22.0. The number of rotatable bonds is 4. The number of thiophene rings is 1. The Morgan fingerprint density at radius 3 is 2.45 bits per heavy atom. The summed E-state index contributed by atoms with van der Waals surface area (Å²) in [5.41, 5.74) is 1.61. The van der Waals surface area contributed by atoms with E-state index in [2.05, 4.69) is 15.5 Å². The van der Waals surface area contributed by atoms with Crippen molar-refractivity contribution in [3.05, 3.63) is 70.4 Å². The third-order valence-electron chi connectivity index (χ3n) is 5.50. The van der Waals surface area contributed by atoms with Gasteiger partial charge in [-0.25, -0.2) is 4.85 Å². The van der Waals surface area contributed by atoms with E-state index in [1.807, 2.05) is 6.07 Å².